The van der Waals surface area contributed by atoms with Crippen LogP contribution in [-0.4, -0.2) is 28.3 Å². The SMILES string of the molecule is O=C(CCNC(=O)c1csc(Cc2ccccc2)n1)Nc1ccccn1. The third kappa shape index (κ3) is 5.22. The summed E-state index contributed by atoms with van der Waals surface area (Å²) in [6.07, 6.45) is 2.47. The molecule has 0 aliphatic carbocycles. The molecule has 0 saturated heterocycles. The molecule has 0 unspecified atom stereocenters. The third-order valence-electron chi connectivity index (χ3n) is 3.55. The maximum absolute atomic E-state index is 12.1. The van der Waals surface area contributed by atoms with Crippen LogP contribution >= 0.6 is 11.3 Å². The van der Waals surface area contributed by atoms with Crippen molar-refractivity contribution in [3.8, 4) is 0 Å². The summed E-state index contributed by atoms with van der Waals surface area (Å²) in [5.74, 6) is 0.0205. The zero-order valence-corrected chi connectivity index (χ0v) is 14.8. The lowest BCUT2D eigenvalue weighted by Crippen LogP contribution is -2.28. The minimum absolute atomic E-state index is 0.170. The minimum atomic E-state index is -0.272. The van der Waals surface area contributed by atoms with Crippen molar-refractivity contribution in [2.75, 3.05) is 11.9 Å². The standard InChI is InChI=1S/C19H18N4O2S/c24-17(23-16-8-4-5-10-20-16)9-11-21-19(25)15-13-26-18(22-15)12-14-6-2-1-3-7-14/h1-8,10,13H,9,11-12H2,(H,21,25)(H,20,23,24). The van der Waals surface area contributed by atoms with Gasteiger partial charge in [0.25, 0.3) is 5.91 Å². The Morgan fingerprint density at radius 2 is 1.85 bits per heavy atom. The summed E-state index contributed by atoms with van der Waals surface area (Å²) in [6, 6.07) is 15.3. The van der Waals surface area contributed by atoms with Crippen LogP contribution < -0.4 is 10.6 Å². The molecule has 0 saturated carbocycles. The Balaban J connectivity index is 1.44. The van der Waals surface area contributed by atoms with Crippen molar-refractivity contribution in [1.82, 2.24) is 15.3 Å². The number of nitrogens with one attached hydrogen (secondary N) is 2. The first-order valence-corrected chi connectivity index (χ1v) is 9.06. The number of nitrogens with zero attached hydrogens (tertiary/aromatic N) is 2. The van der Waals surface area contributed by atoms with E-state index in [0.29, 0.717) is 17.9 Å². The van der Waals surface area contributed by atoms with Crippen LogP contribution in [-0.2, 0) is 11.2 Å². The fourth-order valence-corrected chi connectivity index (χ4v) is 3.10. The van der Waals surface area contributed by atoms with Gasteiger partial charge in [0.2, 0.25) is 5.91 Å². The first kappa shape index (κ1) is 17.8. The minimum Gasteiger partial charge on any atom is -0.350 e. The normalized spacial score (nSPS) is 10.3. The second-order valence-electron chi connectivity index (χ2n) is 5.56. The Morgan fingerprint density at radius 3 is 2.62 bits per heavy atom. The molecule has 1 aromatic carbocycles. The molecule has 0 aliphatic heterocycles. The van der Waals surface area contributed by atoms with E-state index in [2.05, 4.69) is 20.6 Å². The Bertz CT molecular complexity index is 866. The molecule has 2 aromatic heterocycles. The molecule has 0 spiro atoms. The largest absolute Gasteiger partial charge is 0.350 e. The average Bonchev–Trinajstić information content (AvgIpc) is 3.12. The predicted octanol–water partition coefficient (Wildman–Crippen LogP) is 2.89. The molecule has 132 valence electrons. The summed E-state index contributed by atoms with van der Waals surface area (Å²) in [5, 5.41) is 8.01. The van der Waals surface area contributed by atoms with Gasteiger partial charge in [0.1, 0.15) is 11.5 Å². The Kier molecular flexibility index (Phi) is 6.05. The van der Waals surface area contributed by atoms with Crippen molar-refractivity contribution in [3.63, 3.8) is 0 Å². The number of aromatic nitrogens is 2. The number of carbonyl (C=O) groups is 2. The number of rotatable bonds is 7. The van der Waals surface area contributed by atoms with Crippen LogP contribution in [0.4, 0.5) is 5.82 Å². The molecule has 7 heteroatoms. The van der Waals surface area contributed by atoms with E-state index in [0.717, 1.165) is 10.6 Å². The van der Waals surface area contributed by atoms with Crippen LogP contribution in [0, 0.1) is 0 Å². The molecule has 0 bridgehead atoms. The highest BCUT2D eigenvalue weighted by atomic mass is 32.1. The van der Waals surface area contributed by atoms with Gasteiger partial charge in [-0.05, 0) is 17.7 Å². The van der Waals surface area contributed by atoms with Crippen molar-refractivity contribution in [3.05, 3.63) is 76.4 Å². The van der Waals surface area contributed by atoms with Crippen molar-refractivity contribution in [2.24, 2.45) is 0 Å². The maximum atomic E-state index is 12.1. The van der Waals surface area contributed by atoms with Gasteiger partial charge >= 0.3 is 0 Å². The summed E-state index contributed by atoms with van der Waals surface area (Å²) < 4.78 is 0. The van der Waals surface area contributed by atoms with Crippen molar-refractivity contribution in [2.45, 2.75) is 12.8 Å². The molecular formula is C19H18N4O2S. The Hall–Kier alpha value is -3.06. The molecule has 0 aliphatic rings. The summed E-state index contributed by atoms with van der Waals surface area (Å²) in [5.41, 5.74) is 1.53. The van der Waals surface area contributed by atoms with Crippen LogP contribution in [0.1, 0.15) is 27.5 Å². The highest BCUT2D eigenvalue weighted by Gasteiger charge is 2.11. The number of anilines is 1. The van der Waals surface area contributed by atoms with Gasteiger partial charge in [-0.15, -0.1) is 11.3 Å². The van der Waals surface area contributed by atoms with Crippen LogP contribution in [0.5, 0.6) is 0 Å². The molecular weight excluding hydrogens is 348 g/mol. The van der Waals surface area contributed by atoms with Gasteiger partial charge in [-0.1, -0.05) is 36.4 Å². The number of thiazole rings is 1. The lowest BCUT2D eigenvalue weighted by atomic mass is 10.2. The monoisotopic (exact) mass is 366 g/mol. The van der Waals surface area contributed by atoms with E-state index in [1.54, 1.807) is 29.8 Å². The predicted molar refractivity (Wildman–Crippen MR) is 101 cm³/mol. The van der Waals surface area contributed by atoms with Crippen LogP contribution in [0.25, 0.3) is 0 Å². The van der Waals surface area contributed by atoms with Gasteiger partial charge in [-0.2, -0.15) is 0 Å². The van der Waals surface area contributed by atoms with Gasteiger partial charge in [0.15, 0.2) is 0 Å². The molecule has 0 radical (unpaired) electrons. The highest BCUT2D eigenvalue weighted by molar-refractivity contribution is 7.09. The van der Waals surface area contributed by atoms with Crippen molar-refractivity contribution >= 4 is 29.0 Å². The molecule has 2 N–H and O–H groups in total. The van der Waals surface area contributed by atoms with Gasteiger partial charge < -0.3 is 10.6 Å². The fourth-order valence-electron chi connectivity index (χ4n) is 2.29. The van der Waals surface area contributed by atoms with E-state index >= 15 is 0 Å². The number of hydrogen-bond acceptors (Lipinski definition) is 5. The second-order valence-corrected chi connectivity index (χ2v) is 6.50. The molecule has 3 rings (SSSR count). The van der Waals surface area contributed by atoms with E-state index in [1.807, 2.05) is 30.3 Å². The lowest BCUT2D eigenvalue weighted by molar-refractivity contribution is -0.116. The number of carbonyl (C=O) groups excluding carboxylic acids is 2. The molecule has 2 amide bonds. The fraction of sp³-hybridized carbons (Fsp3) is 0.158. The zero-order valence-electron chi connectivity index (χ0n) is 14.0. The van der Waals surface area contributed by atoms with Crippen LogP contribution in [0.3, 0.4) is 0 Å². The Labute approximate surface area is 155 Å². The second kappa shape index (κ2) is 8.87. The van der Waals surface area contributed by atoms with E-state index in [9.17, 15) is 9.59 Å². The third-order valence-corrected chi connectivity index (χ3v) is 4.40. The number of pyridine rings is 1. The first-order chi connectivity index (χ1) is 12.7. The number of amides is 2. The van der Waals surface area contributed by atoms with Gasteiger partial charge in [0, 0.05) is 31.0 Å². The van der Waals surface area contributed by atoms with Crippen molar-refractivity contribution < 1.29 is 9.59 Å². The number of hydrogen-bond donors (Lipinski definition) is 2. The van der Waals surface area contributed by atoms with Crippen molar-refractivity contribution in [1.29, 1.82) is 0 Å². The molecule has 0 fully saturated rings. The Morgan fingerprint density at radius 1 is 1.04 bits per heavy atom. The zero-order chi connectivity index (χ0) is 18.2. The van der Waals surface area contributed by atoms with Gasteiger partial charge in [-0.3, -0.25) is 9.59 Å². The van der Waals surface area contributed by atoms with E-state index in [1.165, 1.54) is 11.3 Å². The molecule has 3 aromatic rings. The van der Waals surface area contributed by atoms with Gasteiger partial charge in [-0.25, -0.2) is 9.97 Å². The van der Waals surface area contributed by atoms with E-state index in [-0.39, 0.29) is 24.8 Å². The summed E-state index contributed by atoms with van der Waals surface area (Å²) >= 11 is 1.45. The van der Waals surface area contributed by atoms with E-state index < -0.39 is 0 Å². The lowest BCUT2D eigenvalue weighted by Gasteiger charge is -2.05. The van der Waals surface area contributed by atoms with E-state index in [4.69, 9.17) is 0 Å². The maximum Gasteiger partial charge on any atom is 0.270 e. The molecule has 6 nitrogen and oxygen atoms in total. The average molecular weight is 366 g/mol. The molecule has 0 atom stereocenters. The summed E-state index contributed by atoms with van der Waals surface area (Å²) in [4.78, 5) is 32.3. The first-order valence-electron chi connectivity index (χ1n) is 8.18. The molecule has 2 heterocycles. The summed E-state index contributed by atoms with van der Waals surface area (Å²) in [7, 11) is 0. The topological polar surface area (TPSA) is 84.0 Å². The smallest absolute Gasteiger partial charge is 0.270 e. The number of benzene rings is 1. The van der Waals surface area contributed by atoms with Crippen LogP contribution in [0.15, 0.2) is 60.1 Å². The van der Waals surface area contributed by atoms with Crippen LogP contribution in [0.2, 0.25) is 0 Å². The molecule has 26 heavy (non-hydrogen) atoms. The summed E-state index contributed by atoms with van der Waals surface area (Å²) in [6.45, 7) is 0.239. The quantitative estimate of drug-likeness (QED) is 0.673. The highest BCUT2D eigenvalue weighted by Crippen LogP contribution is 2.14. The van der Waals surface area contributed by atoms with Gasteiger partial charge in [0.05, 0.1) is 5.01 Å².